The van der Waals surface area contributed by atoms with E-state index in [9.17, 15) is 0 Å². The Morgan fingerprint density at radius 1 is 1.67 bits per heavy atom. The molecule has 0 saturated carbocycles. The van der Waals surface area contributed by atoms with Crippen LogP contribution in [-0.4, -0.2) is 19.1 Å². The van der Waals surface area contributed by atoms with Gasteiger partial charge in [0.25, 0.3) is 6.01 Å². The minimum Gasteiger partial charge on any atom is -0.412 e. The van der Waals surface area contributed by atoms with Gasteiger partial charge in [0.15, 0.2) is 0 Å². The second kappa shape index (κ2) is 2.27. The van der Waals surface area contributed by atoms with E-state index >= 15 is 0 Å². The van der Waals surface area contributed by atoms with Crippen LogP contribution in [0, 0.1) is 0 Å². The van der Waals surface area contributed by atoms with E-state index < -0.39 is 0 Å². The van der Waals surface area contributed by atoms with Gasteiger partial charge in [-0.15, -0.1) is 0 Å². The molecular weight excluding hydrogens is 140 g/mol. The van der Waals surface area contributed by atoms with E-state index in [1.807, 2.05) is 14.1 Å². The average molecular weight is 147 g/mol. The fourth-order valence-electron chi connectivity index (χ4n) is 0.453. The van der Waals surface area contributed by atoms with Crippen molar-refractivity contribution in [3.8, 4) is 0 Å². The van der Waals surface area contributed by atoms with E-state index in [0.717, 1.165) is 0 Å². The molecule has 1 aromatic heterocycles. The van der Waals surface area contributed by atoms with E-state index in [1.54, 1.807) is 4.90 Å². The number of halogens is 1. The topological polar surface area (TPSA) is 29.3 Å². The summed E-state index contributed by atoms with van der Waals surface area (Å²) in [6.45, 7) is 0. The third-order valence-electron chi connectivity index (χ3n) is 0.848. The van der Waals surface area contributed by atoms with Crippen molar-refractivity contribution in [3.05, 3.63) is 11.4 Å². The van der Waals surface area contributed by atoms with Crippen molar-refractivity contribution in [2.24, 2.45) is 0 Å². The highest BCUT2D eigenvalue weighted by Crippen LogP contribution is 2.14. The van der Waals surface area contributed by atoms with Crippen molar-refractivity contribution < 1.29 is 4.42 Å². The molecule has 9 heavy (non-hydrogen) atoms. The van der Waals surface area contributed by atoms with Gasteiger partial charge in [-0.3, -0.25) is 0 Å². The zero-order valence-corrected chi connectivity index (χ0v) is 6.01. The molecule has 0 aliphatic heterocycles. The fraction of sp³-hybridized carbons (Fsp3) is 0.400. The number of oxazole rings is 1. The maximum Gasteiger partial charge on any atom is 0.298 e. The van der Waals surface area contributed by atoms with Gasteiger partial charge in [-0.25, -0.2) is 4.98 Å². The van der Waals surface area contributed by atoms with Crippen LogP contribution in [0.15, 0.2) is 10.6 Å². The zero-order chi connectivity index (χ0) is 6.85. The quantitative estimate of drug-likeness (QED) is 0.600. The molecule has 4 heteroatoms. The molecular formula is C5H7ClN2O. The summed E-state index contributed by atoms with van der Waals surface area (Å²) in [7, 11) is 3.67. The van der Waals surface area contributed by atoms with Crippen molar-refractivity contribution in [2.45, 2.75) is 0 Å². The second-order valence-corrected chi connectivity index (χ2v) is 2.21. The molecule has 0 spiro atoms. The average Bonchev–Trinajstić information content (AvgIpc) is 2.14. The highest BCUT2D eigenvalue weighted by molar-refractivity contribution is 6.28. The number of aromatic nitrogens is 1. The third kappa shape index (κ3) is 1.36. The first kappa shape index (κ1) is 6.42. The van der Waals surface area contributed by atoms with Gasteiger partial charge in [-0.1, -0.05) is 0 Å². The Morgan fingerprint density at radius 3 is 2.56 bits per heavy atom. The lowest BCUT2D eigenvalue weighted by Gasteiger charge is -2.02. The summed E-state index contributed by atoms with van der Waals surface area (Å²) in [5.41, 5.74) is 0. The molecule has 0 atom stereocenters. The van der Waals surface area contributed by atoms with Crippen LogP contribution >= 0.6 is 11.6 Å². The largest absolute Gasteiger partial charge is 0.412 e. The second-order valence-electron chi connectivity index (χ2n) is 1.84. The standard InChI is InChI=1S/C5H7ClN2O/c1-8(2)5-7-3-4(6)9-5/h3H,1-2H3. The van der Waals surface area contributed by atoms with E-state index in [4.69, 9.17) is 16.0 Å². The van der Waals surface area contributed by atoms with E-state index in [1.165, 1.54) is 6.20 Å². The summed E-state index contributed by atoms with van der Waals surface area (Å²) >= 11 is 5.45. The summed E-state index contributed by atoms with van der Waals surface area (Å²) in [5, 5.41) is 0.318. The van der Waals surface area contributed by atoms with Gasteiger partial charge in [-0.2, -0.15) is 0 Å². The number of nitrogens with zero attached hydrogens (tertiary/aromatic N) is 2. The van der Waals surface area contributed by atoms with Gasteiger partial charge in [0.2, 0.25) is 5.22 Å². The first-order chi connectivity index (χ1) is 4.20. The number of rotatable bonds is 1. The SMILES string of the molecule is CN(C)c1ncc(Cl)o1. The molecule has 0 fully saturated rings. The van der Waals surface area contributed by atoms with Gasteiger partial charge >= 0.3 is 0 Å². The molecule has 0 saturated heterocycles. The molecule has 1 aromatic rings. The molecule has 0 aliphatic carbocycles. The number of hydrogen-bond donors (Lipinski definition) is 0. The Labute approximate surface area is 58.2 Å². The van der Waals surface area contributed by atoms with Gasteiger partial charge in [-0.05, 0) is 11.6 Å². The Bertz CT molecular complexity index is 197. The Balaban J connectivity index is 2.85. The fourth-order valence-corrected chi connectivity index (χ4v) is 0.570. The molecule has 1 rings (SSSR count). The summed E-state index contributed by atoms with van der Waals surface area (Å²) in [4.78, 5) is 5.58. The van der Waals surface area contributed by atoms with Gasteiger partial charge in [0.05, 0.1) is 6.20 Å². The molecule has 0 bridgehead atoms. The maximum atomic E-state index is 5.45. The lowest BCUT2D eigenvalue weighted by molar-refractivity contribution is 0.558. The predicted molar refractivity (Wildman–Crippen MR) is 35.8 cm³/mol. The van der Waals surface area contributed by atoms with Gasteiger partial charge in [0.1, 0.15) is 0 Å². The summed E-state index contributed by atoms with van der Waals surface area (Å²) < 4.78 is 4.93. The van der Waals surface area contributed by atoms with Crippen LogP contribution in [-0.2, 0) is 0 Å². The molecule has 50 valence electrons. The smallest absolute Gasteiger partial charge is 0.298 e. The monoisotopic (exact) mass is 146 g/mol. The molecule has 1 heterocycles. The molecule has 0 radical (unpaired) electrons. The number of hydrogen-bond acceptors (Lipinski definition) is 3. The summed E-state index contributed by atoms with van der Waals surface area (Å²) in [6.07, 6.45) is 1.47. The lowest BCUT2D eigenvalue weighted by atomic mass is 10.9. The molecule has 0 aromatic carbocycles. The molecule has 3 nitrogen and oxygen atoms in total. The Morgan fingerprint density at radius 2 is 2.33 bits per heavy atom. The van der Waals surface area contributed by atoms with Crippen molar-refractivity contribution in [2.75, 3.05) is 19.0 Å². The molecule has 0 amide bonds. The Kier molecular flexibility index (Phi) is 1.62. The Hall–Kier alpha value is -0.700. The highest BCUT2D eigenvalue weighted by atomic mass is 35.5. The van der Waals surface area contributed by atoms with Crippen LogP contribution in [0.25, 0.3) is 0 Å². The van der Waals surface area contributed by atoms with Gasteiger partial charge in [0, 0.05) is 14.1 Å². The van der Waals surface area contributed by atoms with Crippen LogP contribution in [0.4, 0.5) is 6.01 Å². The molecule has 0 unspecified atom stereocenters. The third-order valence-corrected chi connectivity index (χ3v) is 1.02. The first-order valence-electron chi connectivity index (χ1n) is 2.49. The van der Waals surface area contributed by atoms with Crippen molar-refractivity contribution in [1.29, 1.82) is 0 Å². The number of anilines is 1. The van der Waals surface area contributed by atoms with Crippen molar-refractivity contribution in [3.63, 3.8) is 0 Å². The molecule has 0 aliphatic rings. The first-order valence-corrected chi connectivity index (χ1v) is 2.86. The zero-order valence-electron chi connectivity index (χ0n) is 5.26. The van der Waals surface area contributed by atoms with Crippen LogP contribution in [0.5, 0.6) is 0 Å². The van der Waals surface area contributed by atoms with Crippen molar-refractivity contribution in [1.82, 2.24) is 4.98 Å². The summed E-state index contributed by atoms with van der Waals surface area (Å²) in [5.74, 6) is 0. The van der Waals surface area contributed by atoms with Crippen LogP contribution in [0.2, 0.25) is 5.22 Å². The van der Waals surface area contributed by atoms with E-state index in [0.29, 0.717) is 11.2 Å². The lowest BCUT2D eigenvalue weighted by Crippen LogP contribution is -2.08. The maximum absolute atomic E-state index is 5.45. The van der Waals surface area contributed by atoms with Gasteiger partial charge < -0.3 is 9.32 Å². The minimum atomic E-state index is 0.318. The van der Waals surface area contributed by atoms with Crippen molar-refractivity contribution >= 4 is 17.6 Å². The van der Waals surface area contributed by atoms with Crippen LogP contribution in [0.1, 0.15) is 0 Å². The summed E-state index contributed by atoms with van der Waals surface area (Å²) in [6, 6.07) is 0.528. The van der Waals surface area contributed by atoms with E-state index in [2.05, 4.69) is 4.98 Å². The highest BCUT2D eigenvalue weighted by Gasteiger charge is 2.00. The normalized spacial score (nSPS) is 9.67. The predicted octanol–water partition coefficient (Wildman–Crippen LogP) is 1.39. The van der Waals surface area contributed by atoms with Crippen LogP contribution in [0.3, 0.4) is 0 Å². The van der Waals surface area contributed by atoms with Crippen LogP contribution < -0.4 is 4.90 Å². The molecule has 0 N–H and O–H groups in total. The van der Waals surface area contributed by atoms with E-state index in [-0.39, 0.29) is 0 Å². The minimum absolute atomic E-state index is 0.318.